The molecule has 2 aliphatic rings. The van der Waals surface area contributed by atoms with Gasteiger partial charge >= 0.3 is 0 Å². The number of benzene rings is 2. The van der Waals surface area contributed by atoms with E-state index in [9.17, 15) is 4.79 Å². The number of nitrogens with one attached hydrogen (secondary N) is 2. The van der Waals surface area contributed by atoms with Crippen molar-refractivity contribution in [3.05, 3.63) is 64.7 Å². The van der Waals surface area contributed by atoms with Gasteiger partial charge in [0.2, 0.25) is 5.91 Å². The van der Waals surface area contributed by atoms with Crippen LogP contribution < -0.4 is 15.6 Å². The van der Waals surface area contributed by atoms with Crippen molar-refractivity contribution in [2.24, 2.45) is 0 Å². The number of nitrogens with zero attached hydrogens (tertiary/aromatic N) is 2. The van der Waals surface area contributed by atoms with Gasteiger partial charge in [0.05, 0.1) is 7.11 Å². The van der Waals surface area contributed by atoms with Crippen LogP contribution in [0, 0.1) is 0 Å². The fraction of sp³-hybridized carbons (Fsp3) is 0.409. The van der Waals surface area contributed by atoms with Crippen LogP contribution in [0.15, 0.2) is 48.5 Å². The Kier molecular flexibility index (Phi) is 6.35. The second-order valence-corrected chi connectivity index (χ2v) is 8.03. The Morgan fingerprint density at radius 3 is 2.59 bits per heavy atom. The maximum absolute atomic E-state index is 13.0. The largest absolute Gasteiger partial charge is 0.496 e. The third kappa shape index (κ3) is 4.73. The van der Waals surface area contributed by atoms with E-state index in [2.05, 4.69) is 27.9 Å². The highest BCUT2D eigenvalue weighted by Gasteiger charge is 2.34. The number of piperazine rings is 1. The lowest BCUT2D eigenvalue weighted by atomic mass is 10.0. The highest BCUT2D eigenvalue weighted by Crippen LogP contribution is 2.25. The molecule has 1 amide bonds. The average Bonchev–Trinajstić information content (AvgIpc) is 3.25. The van der Waals surface area contributed by atoms with E-state index in [0.717, 1.165) is 50.5 Å². The van der Waals surface area contributed by atoms with Crippen molar-refractivity contribution in [2.75, 3.05) is 33.3 Å². The van der Waals surface area contributed by atoms with Crippen molar-refractivity contribution in [1.82, 2.24) is 20.7 Å². The number of hydrogen-bond donors (Lipinski definition) is 2. The average molecular weight is 415 g/mol. The van der Waals surface area contributed by atoms with E-state index in [1.807, 2.05) is 41.3 Å². The smallest absolute Gasteiger partial charge is 0.241 e. The Hall–Kier alpha value is -2.12. The molecule has 2 saturated heterocycles. The summed E-state index contributed by atoms with van der Waals surface area (Å²) in [5.41, 5.74) is 8.74. The molecule has 6 nitrogen and oxygen atoms in total. The molecule has 2 atom stereocenters. The first-order valence-electron chi connectivity index (χ1n) is 10.0. The summed E-state index contributed by atoms with van der Waals surface area (Å²) >= 11 is 6.15. The lowest BCUT2D eigenvalue weighted by molar-refractivity contribution is -0.135. The molecule has 4 rings (SSSR count). The second-order valence-electron chi connectivity index (χ2n) is 7.60. The van der Waals surface area contributed by atoms with Crippen molar-refractivity contribution in [3.8, 4) is 5.75 Å². The zero-order valence-corrected chi connectivity index (χ0v) is 17.4. The number of rotatable bonds is 5. The van der Waals surface area contributed by atoms with E-state index in [-0.39, 0.29) is 18.0 Å². The van der Waals surface area contributed by atoms with Crippen molar-refractivity contribution in [2.45, 2.75) is 25.0 Å². The predicted molar refractivity (Wildman–Crippen MR) is 114 cm³/mol. The van der Waals surface area contributed by atoms with Crippen molar-refractivity contribution >= 4 is 17.5 Å². The molecule has 2 heterocycles. The highest BCUT2D eigenvalue weighted by molar-refractivity contribution is 6.30. The molecule has 7 heteroatoms. The third-order valence-electron chi connectivity index (χ3n) is 5.72. The van der Waals surface area contributed by atoms with Gasteiger partial charge in [0.1, 0.15) is 11.8 Å². The predicted octanol–water partition coefficient (Wildman–Crippen LogP) is 2.60. The van der Waals surface area contributed by atoms with Crippen LogP contribution in [0.3, 0.4) is 0 Å². The van der Waals surface area contributed by atoms with Crippen LogP contribution in [0.2, 0.25) is 5.02 Å². The zero-order chi connectivity index (χ0) is 20.2. The first-order valence-corrected chi connectivity index (χ1v) is 10.4. The molecule has 0 saturated carbocycles. The van der Waals surface area contributed by atoms with Gasteiger partial charge < -0.3 is 9.64 Å². The molecule has 0 aromatic heterocycles. The Morgan fingerprint density at radius 2 is 1.86 bits per heavy atom. The molecule has 154 valence electrons. The molecule has 0 bridgehead atoms. The lowest BCUT2D eigenvalue weighted by Crippen LogP contribution is -2.53. The monoisotopic (exact) mass is 414 g/mol. The summed E-state index contributed by atoms with van der Waals surface area (Å²) in [7, 11) is 1.68. The van der Waals surface area contributed by atoms with Gasteiger partial charge in [-0.1, -0.05) is 41.9 Å². The Balaban J connectivity index is 1.30. The first-order chi connectivity index (χ1) is 14.1. The number of carbonyl (C=O) groups is 1. The summed E-state index contributed by atoms with van der Waals surface area (Å²) in [6.07, 6.45) is 0.767. The maximum atomic E-state index is 13.0. The number of halogens is 1. The van der Waals surface area contributed by atoms with Gasteiger partial charge in [-0.3, -0.25) is 9.69 Å². The molecular formula is C22H27ClN4O2. The van der Waals surface area contributed by atoms with E-state index < -0.39 is 0 Å². The van der Waals surface area contributed by atoms with Gasteiger partial charge in [-0.25, -0.2) is 10.9 Å². The summed E-state index contributed by atoms with van der Waals surface area (Å²) in [4.78, 5) is 17.3. The van der Waals surface area contributed by atoms with E-state index in [4.69, 9.17) is 16.3 Å². The third-order valence-corrected chi connectivity index (χ3v) is 5.96. The molecule has 2 aromatic carbocycles. The molecule has 0 spiro atoms. The van der Waals surface area contributed by atoms with Crippen molar-refractivity contribution < 1.29 is 9.53 Å². The molecule has 2 aliphatic heterocycles. The number of hydrazine groups is 1. The van der Waals surface area contributed by atoms with Gasteiger partial charge in [-0.15, -0.1) is 0 Å². The standard InChI is InChI=1S/C22H27ClN4O2/c1-29-21-8-7-18(23)13-17(21)15-26-9-11-27(12-10-26)22(28)20-14-19(24-25-20)16-5-3-2-4-6-16/h2-8,13,19-20,24-25H,9-12,14-15H2,1H3. The Morgan fingerprint density at radius 1 is 1.10 bits per heavy atom. The summed E-state index contributed by atoms with van der Waals surface area (Å²) in [5.74, 6) is 1.03. The quantitative estimate of drug-likeness (QED) is 0.787. The van der Waals surface area contributed by atoms with Crippen LogP contribution in [-0.2, 0) is 11.3 Å². The van der Waals surface area contributed by atoms with Crippen LogP contribution in [0.5, 0.6) is 5.75 Å². The molecule has 0 radical (unpaired) electrons. The summed E-state index contributed by atoms with van der Waals surface area (Å²) in [5, 5.41) is 0.711. The Labute approximate surface area is 176 Å². The van der Waals surface area contributed by atoms with Crippen molar-refractivity contribution in [3.63, 3.8) is 0 Å². The minimum absolute atomic E-state index is 0.168. The molecular weight excluding hydrogens is 388 g/mol. The number of carbonyl (C=O) groups excluding carboxylic acids is 1. The maximum Gasteiger partial charge on any atom is 0.241 e. The van der Waals surface area contributed by atoms with Gasteiger partial charge in [0.25, 0.3) is 0 Å². The van der Waals surface area contributed by atoms with Gasteiger partial charge in [0, 0.05) is 49.4 Å². The summed E-state index contributed by atoms with van der Waals surface area (Å²) in [6, 6.07) is 15.9. The lowest BCUT2D eigenvalue weighted by Gasteiger charge is -2.36. The second kappa shape index (κ2) is 9.13. The summed E-state index contributed by atoms with van der Waals surface area (Å²) < 4.78 is 5.45. The molecule has 0 aliphatic carbocycles. The molecule has 2 aromatic rings. The van der Waals surface area contributed by atoms with Crippen LogP contribution in [0.1, 0.15) is 23.6 Å². The van der Waals surface area contributed by atoms with Gasteiger partial charge in [-0.2, -0.15) is 0 Å². The first kappa shape index (κ1) is 20.2. The number of methoxy groups -OCH3 is 1. The molecule has 2 unspecified atom stereocenters. The molecule has 2 N–H and O–H groups in total. The number of ether oxygens (including phenoxy) is 1. The SMILES string of the molecule is COc1ccc(Cl)cc1CN1CCN(C(=O)C2CC(c3ccccc3)NN2)CC1. The van der Waals surface area contributed by atoms with Gasteiger partial charge in [0.15, 0.2) is 0 Å². The minimum Gasteiger partial charge on any atom is -0.496 e. The van der Waals surface area contributed by atoms with Crippen molar-refractivity contribution in [1.29, 1.82) is 0 Å². The molecule has 2 fully saturated rings. The van der Waals surface area contributed by atoms with E-state index in [1.165, 1.54) is 5.56 Å². The normalized spacial score (nSPS) is 22.6. The Bertz CT molecular complexity index is 840. The fourth-order valence-electron chi connectivity index (χ4n) is 4.08. The van der Waals surface area contributed by atoms with Crippen LogP contribution in [0.4, 0.5) is 0 Å². The topological polar surface area (TPSA) is 56.8 Å². The minimum atomic E-state index is -0.181. The van der Waals surface area contributed by atoms with Crippen LogP contribution >= 0.6 is 11.6 Å². The van der Waals surface area contributed by atoms with E-state index in [0.29, 0.717) is 5.02 Å². The van der Waals surface area contributed by atoms with Crippen LogP contribution in [-0.4, -0.2) is 55.0 Å². The van der Waals surface area contributed by atoms with E-state index >= 15 is 0 Å². The highest BCUT2D eigenvalue weighted by atomic mass is 35.5. The number of hydrogen-bond acceptors (Lipinski definition) is 5. The fourth-order valence-corrected chi connectivity index (χ4v) is 4.28. The summed E-state index contributed by atoms with van der Waals surface area (Å²) in [6.45, 7) is 3.91. The molecule has 29 heavy (non-hydrogen) atoms. The van der Waals surface area contributed by atoms with Gasteiger partial charge in [-0.05, 0) is 30.2 Å². The van der Waals surface area contributed by atoms with E-state index in [1.54, 1.807) is 7.11 Å². The van der Waals surface area contributed by atoms with Crippen LogP contribution in [0.25, 0.3) is 0 Å². The number of amides is 1. The zero-order valence-electron chi connectivity index (χ0n) is 16.6.